The van der Waals surface area contributed by atoms with Crippen molar-refractivity contribution in [2.24, 2.45) is 5.92 Å². The summed E-state index contributed by atoms with van der Waals surface area (Å²) >= 11 is 0. The van der Waals surface area contributed by atoms with Crippen molar-refractivity contribution in [1.29, 1.82) is 0 Å². The molecule has 1 heterocycles. The molecule has 2 fully saturated rings. The lowest BCUT2D eigenvalue weighted by atomic mass is 9.96. The first-order chi connectivity index (χ1) is 14.5. The predicted octanol–water partition coefficient (Wildman–Crippen LogP) is 4.12. The van der Waals surface area contributed by atoms with E-state index in [2.05, 4.69) is 16.0 Å². The number of amides is 4. The third-order valence-corrected chi connectivity index (χ3v) is 6.00. The van der Waals surface area contributed by atoms with Crippen LogP contribution in [-0.4, -0.2) is 41.9 Å². The Labute approximate surface area is 179 Å². The molecule has 7 heteroatoms. The van der Waals surface area contributed by atoms with Gasteiger partial charge in [0.05, 0.1) is 5.92 Å². The minimum Gasteiger partial charge on any atom is -0.353 e. The SMILES string of the molecule is CCC(=O)Nc1cccc(NC(=O)N2CCCC(C(=O)NC3CCCCCC3)C2)c1. The standard InChI is InChI=1S/C23H34N4O3/c1-2-21(28)24-19-12-7-13-20(15-19)26-23(30)27-14-8-9-17(16-27)22(29)25-18-10-5-3-4-6-11-18/h7,12-13,15,17-18H,2-6,8-11,14,16H2,1H3,(H,24,28)(H,25,29)(H,26,30). The first-order valence-corrected chi connectivity index (χ1v) is 11.3. The zero-order valence-corrected chi connectivity index (χ0v) is 17.9. The molecule has 2 aliphatic rings. The van der Waals surface area contributed by atoms with E-state index in [0.29, 0.717) is 30.9 Å². The van der Waals surface area contributed by atoms with Gasteiger partial charge in [-0.25, -0.2) is 4.79 Å². The van der Waals surface area contributed by atoms with Gasteiger partial charge in [-0.1, -0.05) is 38.7 Å². The lowest BCUT2D eigenvalue weighted by molar-refractivity contribution is -0.127. The summed E-state index contributed by atoms with van der Waals surface area (Å²) in [5, 5.41) is 8.92. The largest absolute Gasteiger partial charge is 0.353 e. The smallest absolute Gasteiger partial charge is 0.321 e. The number of piperidine rings is 1. The molecule has 0 aromatic heterocycles. The van der Waals surface area contributed by atoms with Crippen molar-refractivity contribution in [3.8, 4) is 0 Å². The van der Waals surface area contributed by atoms with E-state index in [1.54, 1.807) is 36.1 Å². The first kappa shape index (κ1) is 22.1. The van der Waals surface area contributed by atoms with Gasteiger partial charge in [-0.05, 0) is 43.9 Å². The van der Waals surface area contributed by atoms with Crippen LogP contribution in [0.4, 0.5) is 16.2 Å². The van der Waals surface area contributed by atoms with Crippen LogP contribution in [0.25, 0.3) is 0 Å². The number of carbonyl (C=O) groups is 3. The summed E-state index contributed by atoms with van der Waals surface area (Å²) in [7, 11) is 0. The molecule has 1 aromatic rings. The summed E-state index contributed by atoms with van der Waals surface area (Å²) in [6.45, 7) is 2.88. The number of urea groups is 1. The quantitative estimate of drug-likeness (QED) is 0.633. The number of benzene rings is 1. The van der Waals surface area contributed by atoms with Gasteiger partial charge in [0.2, 0.25) is 11.8 Å². The number of anilines is 2. The van der Waals surface area contributed by atoms with Crippen molar-refractivity contribution in [3.63, 3.8) is 0 Å². The molecule has 7 nitrogen and oxygen atoms in total. The van der Waals surface area contributed by atoms with Gasteiger partial charge in [0.25, 0.3) is 0 Å². The second-order valence-corrected chi connectivity index (χ2v) is 8.39. The lowest BCUT2D eigenvalue weighted by Gasteiger charge is -2.33. The van der Waals surface area contributed by atoms with Gasteiger partial charge < -0.3 is 20.9 Å². The van der Waals surface area contributed by atoms with Crippen molar-refractivity contribution >= 4 is 29.2 Å². The third-order valence-electron chi connectivity index (χ3n) is 6.00. The molecule has 1 saturated heterocycles. The summed E-state index contributed by atoms with van der Waals surface area (Å²) in [4.78, 5) is 38.8. The molecule has 30 heavy (non-hydrogen) atoms. The molecule has 3 N–H and O–H groups in total. The number of carbonyl (C=O) groups excluding carboxylic acids is 3. The fourth-order valence-electron chi connectivity index (χ4n) is 4.24. The number of nitrogens with zero attached hydrogens (tertiary/aromatic N) is 1. The van der Waals surface area contributed by atoms with Crippen molar-refractivity contribution in [2.45, 2.75) is 70.8 Å². The van der Waals surface area contributed by atoms with Gasteiger partial charge in [0, 0.05) is 36.9 Å². The highest BCUT2D eigenvalue weighted by molar-refractivity contribution is 5.93. The molecule has 0 radical (unpaired) electrons. The maximum absolute atomic E-state index is 12.8. The summed E-state index contributed by atoms with van der Waals surface area (Å²) in [5.74, 6) is -0.136. The van der Waals surface area contributed by atoms with E-state index in [0.717, 1.165) is 25.7 Å². The van der Waals surface area contributed by atoms with Crippen LogP contribution in [0, 0.1) is 5.92 Å². The summed E-state index contributed by atoms with van der Waals surface area (Å²) < 4.78 is 0. The molecule has 0 spiro atoms. The van der Waals surface area contributed by atoms with Gasteiger partial charge in [-0.3, -0.25) is 9.59 Å². The fraction of sp³-hybridized carbons (Fsp3) is 0.609. The van der Waals surface area contributed by atoms with E-state index in [1.807, 2.05) is 0 Å². The number of rotatable bonds is 5. The van der Waals surface area contributed by atoms with E-state index >= 15 is 0 Å². The van der Waals surface area contributed by atoms with Crippen LogP contribution < -0.4 is 16.0 Å². The van der Waals surface area contributed by atoms with Crippen molar-refractivity contribution in [1.82, 2.24) is 10.2 Å². The summed E-state index contributed by atoms with van der Waals surface area (Å²) in [6.07, 6.45) is 9.05. The fourth-order valence-corrected chi connectivity index (χ4v) is 4.24. The third kappa shape index (κ3) is 6.47. The monoisotopic (exact) mass is 414 g/mol. The highest BCUT2D eigenvalue weighted by atomic mass is 16.2. The van der Waals surface area contributed by atoms with Gasteiger partial charge >= 0.3 is 6.03 Å². The molecule has 1 atom stereocenters. The molecule has 1 saturated carbocycles. The van der Waals surface area contributed by atoms with E-state index in [4.69, 9.17) is 0 Å². The molecule has 1 aliphatic carbocycles. The first-order valence-electron chi connectivity index (χ1n) is 11.3. The van der Waals surface area contributed by atoms with Crippen LogP contribution in [0.3, 0.4) is 0 Å². The molecule has 1 unspecified atom stereocenters. The Kier molecular flexibility index (Phi) is 8.11. The van der Waals surface area contributed by atoms with Gasteiger partial charge in [-0.2, -0.15) is 0 Å². The lowest BCUT2D eigenvalue weighted by Crippen LogP contribution is -2.48. The molecular formula is C23H34N4O3. The minimum absolute atomic E-state index is 0.0722. The number of hydrogen-bond donors (Lipinski definition) is 3. The Balaban J connectivity index is 1.53. The Hall–Kier alpha value is -2.57. The van der Waals surface area contributed by atoms with E-state index < -0.39 is 0 Å². The van der Waals surface area contributed by atoms with E-state index in [9.17, 15) is 14.4 Å². The topological polar surface area (TPSA) is 90.5 Å². The number of nitrogens with one attached hydrogen (secondary N) is 3. The van der Waals surface area contributed by atoms with Crippen LogP contribution in [0.1, 0.15) is 64.7 Å². The van der Waals surface area contributed by atoms with Crippen molar-refractivity contribution in [3.05, 3.63) is 24.3 Å². The molecular weight excluding hydrogens is 380 g/mol. The second kappa shape index (κ2) is 11.0. The Morgan fingerprint density at radius 2 is 1.67 bits per heavy atom. The Morgan fingerprint density at radius 1 is 0.967 bits per heavy atom. The normalized spacial score (nSPS) is 20.2. The molecule has 4 amide bonds. The molecule has 3 rings (SSSR count). The van der Waals surface area contributed by atoms with Crippen molar-refractivity contribution < 1.29 is 14.4 Å². The summed E-state index contributed by atoms with van der Waals surface area (Å²) in [5.41, 5.74) is 1.28. The Morgan fingerprint density at radius 3 is 2.37 bits per heavy atom. The van der Waals surface area contributed by atoms with Crippen LogP contribution >= 0.6 is 0 Å². The van der Waals surface area contributed by atoms with Crippen LogP contribution in [-0.2, 0) is 9.59 Å². The van der Waals surface area contributed by atoms with Crippen LogP contribution in [0.5, 0.6) is 0 Å². The second-order valence-electron chi connectivity index (χ2n) is 8.39. The summed E-state index contributed by atoms with van der Waals surface area (Å²) in [6, 6.07) is 7.19. The zero-order valence-electron chi connectivity index (χ0n) is 17.9. The van der Waals surface area contributed by atoms with Gasteiger partial charge in [0.15, 0.2) is 0 Å². The van der Waals surface area contributed by atoms with E-state index in [1.165, 1.54) is 25.7 Å². The molecule has 0 bridgehead atoms. The average molecular weight is 415 g/mol. The van der Waals surface area contributed by atoms with Crippen LogP contribution in [0.15, 0.2) is 24.3 Å². The van der Waals surface area contributed by atoms with E-state index in [-0.39, 0.29) is 29.8 Å². The Bertz CT molecular complexity index is 744. The van der Waals surface area contributed by atoms with Crippen LogP contribution in [0.2, 0.25) is 0 Å². The number of likely N-dealkylation sites (tertiary alicyclic amines) is 1. The molecule has 164 valence electrons. The maximum Gasteiger partial charge on any atom is 0.321 e. The van der Waals surface area contributed by atoms with Gasteiger partial charge in [-0.15, -0.1) is 0 Å². The zero-order chi connectivity index (χ0) is 21.3. The average Bonchev–Trinajstić information content (AvgIpc) is 3.02. The molecule has 1 aliphatic heterocycles. The predicted molar refractivity (Wildman–Crippen MR) is 118 cm³/mol. The maximum atomic E-state index is 12.8. The van der Waals surface area contributed by atoms with Gasteiger partial charge in [0.1, 0.15) is 0 Å². The highest BCUT2D eigenvalue weighted by Crippen LogP contribution is 2.22. The molecule has 1 aromatic carbocycles. The highest BCUT2D eigenvalue weighted by Gasteiger charge is 2.29. The number of hydrogen-bond acceptors (Lipinski definition) is 3. The minimum atomic E-state index is -0.207. The van der Waals surface area contributed by atoms with Crippen molar-refractivity contribution in [2.75, 3.05) is 23.7 Å².